The summed E-state index contributed by atoms with van der Waals surface area (Å²) in [5, 5.41) is 13.3. The Morgan fingerprint density at radius 1 is 1.14 bits per heavy atom. The smallest absolute Gasteiger partial charge is 0.250 e. The lowest BCUT2D eigenvalue weighted by atomic mass is 10.1. The fraction of sp³-hybridized carbons (Fsp3) is 0.238. The van der Waals surface area contributed by atoms with Crippen molar-refractivity contribution in [1.29, 1.82) is 0 Å². The highest BCUT2D eigenvalue weighted by Gasteiger charge is 2.14. The van der Waals surface area contributed by atoms with Crippen LogP contribution >= 0.6 is 23.5 Å². The second kappa shape index (κ2) is 10.3. The molecule has 3 aromatic rings. The molecule has 29 heavy (non-hydrogen) atoms. The van der Waals surface area contributed by atoms with Crippen molar-refractivity contribution in [3.05, 3.63) is 59.7 Å². The number of hydrazone groups is 1. The Hall–Kier alpha value is -2.58. The van der Waals surface area contributed by atoms with Crippen LogP contribution in [0, 0.1) is 6.92 Å². The highest BCUT2D eigenvalue weighted by atomic mass is 32.2. The zero-order valence-corrected chi connectivity index (χ0v) is 18.3. The van der Waals surface area contributed by atoms with E-state index in [0.29, 0.717) is 0 Å². The van der Waals surface area contributed by atoms with Crippen molar-refractivity contribution in [1.82, 2.24) is 20.2 Å². The van der Waals surface area contributed by atoms with E-state index in [9.17, 15) is 4.79 Å². The molecule has 1 amide bonds. The van der Waals surface area contributed by atoms with Gasteiger partial charge in [0.1, 0.15) is 0 Å². The summed E-state index contributed by atoms with van der Waals surface area (Å²) in [7, 11) is 0. The van der Waals surface area contributed by atoms with Crippen LogP contribution in [0.1, 0.15) is 18.1 Å². The third-order valence-electron chi connectivity index (χ3n) is 4.19. The van der Waals surface area contributed by atoms with Gasteiger partial charge in [0.2, 0.25) is 0 Å². The van der Waals surface area contributed by atoms with Gasteiger partial charge in [0, 0.05) is 17.0 Å². The second-order valence-electron chi connectivity index (χ2n) is 6.27. The lowest BCUT2D eigenvalue weighted by molar-refractivity contribution is -0.118. The summed E-state index contributed by atoms with van der Waals surface area (Å²) >= 11 is 3.03. The standard InChI is InChI=1S/C21H23N5OS2/c1-4-26-20(17-9-5-15(2)6-10-17)24-25-21(26)29-14-19(27)23-22-13-16-7-11-18(28-3)12-8-16/h5-13H,4,14H2,1-3H3,(H,23,27)/b22-13+. The molecule has 3 rings (SSSR count). The van der Waals surface area contributed by atoms with E-state index in [1.165, 1.54) is 22.2 Å². The number of carbonyl (C=O) groups is 1. The Morgan fingerprint density at radius 2 is 1.86 bits per heavy atom. The normalized spacial score (nSPS) is 11.1. The minimum Gasteiger partial charge on any atom is -0.302 e. The van der Waals surface area contributed by atoms with Crippen LogP contribution in [0.25, 0.3) is 11.4 Å². The van der Waals surface area contributed by atoms with Crippen molar-refractivity contribution < 1.29 is 4.79 Å². The van der Waals surface area contributed by atoms with Gasteiger partial charge < -0.3 is 4.57 Å². The average molecular weight is 426 g/mol. The molecule has 0 bridgehead atoms. The number of aromatic nitrogens is 3. The summed E-state index contributed by atoms with van der Waals surface area (Å²) < 4.78 is 2.01. The first-order valence-corrected chi connectivity index (χ1v) is 11.4. The number of rotatable bonds is 8. The predicted octanol–water partition coefficient (Wildman–Crippen LogP) is 4.24. The van der Waals surface area contributed by atoms with Crippen LogP contribution in [0.4, 0.5) is 0 Å². The molecule has 0 saturated carbocycles. The number of nitrogens with one attached hydrogen (secondary N) is 1. The zero-order valence-electron chi connectivity index (χ0n) is 16.6. The Kier molecular flexibility index (Phi) is 7.48. The molecule has 0 atom stereocenters. The SMILES string of the molecule is CCn1c(SCC(=O)N/N=C/c2ccc(SC)cc2)nnc1-c1ccc(C)cc1. The van der Waals surface area contributed by atoms with Crippen molar-refractivity contribution in [2.75, 3.05) is 12.0 Å². The largest absolute Gasteiger partial charge is 0.302 e. The number of benzene rings is 2. The van der Waals surface area contributed by atoms with Crippen molar-refractivity contribution >= 4 is 35.6 Å². The fourth-order valence-electron chi connectivity index (χ4n) is 2.63. The van der Waals surface area contributed by atoms with Crippen LogP contribution in [-0.2, 0) is 11.3 Å². The molecule has 0 saturated heterocycles. The number of thioether (sulfide) groups is 2. The predicted molar refractivity (Wildman–Crippen MR) is 121 cm³/mol. The third kappa shape index (κ3) is 5.71. The van der Waals surface area contributed by atoms with Crippen LogP contribution < -0.4 is 5.43 Å². The molecular weight excluding hydrogens is 402 g/mol. The lowest BCUT2D eigenvalue weighted by Crippen LogP contribution is -2.20. The fourth-order valence-corrected chi connectivity index (χ4v) is 3.83. The molecule has 0 aliphatic carbocycles. The maximum atomic E-state index is 12.1. The van der Waals surface area contributed by atoms with Gasteiger partial charge in [-0.3, -0.25) is 4.79 Å². The van der Waals surface area contributed by atoms with Crippen LogP contribution in [0.2, 0.25) is 0 Å². The van der Waals surface area contributed by atoms with Gasteiger partial charge in [-0.25, -0.2) is 5.43 Å². The van der Waals surface area contributed by atoms with Gasteiger partial charge in [-0.2, -0.15) is 5.10 Å². The average Bonchev–Trinajstić information content (AvgIpc) is 3.16. The van der Waals surface area contributed by atoms with E-state index in [0.717, 1.165) is 28.7 Å². The Balaban J connectivity index is 1.57. The summed E-state index contributed by atoms with van der Waals surface area (Å²) in [5.74, 6) is 0.839. The molecule has 0 aliphatic heterocycles. The van der Waals surface area contributed by atoms with Gasteiger partial charge in [-0.15, -0.1) is 22.0 Å². The summed E-state index contributed by atoms with van der Waals surface area (Å²) in [6, 6.07) is 16.1. The maximum Gasteiger partial charge on any atom is 0.250 e. The second-order valence-corrected chi connectivity index (χ2v) is 8.09. The summed E-state index contributed by atoms with van der Waals surface area (Å²) in [6.45, 7) is 4.82. The highest BCUT2D eigenvalue weighted by molar-refractivity contribution is 7.99. The van der Waals surface area contributed by atoms with Crippen molar-refractivity contribution in [3.8, 4) is 11.4 Å². The summed E-state index contributed by atoms with van der Waals surface area (Å²) in [5.41, 5.74) is 5.70. The minimum atomic E-state index is -0.186. The highest BCUT2D eigenvalue weighted by Crippen LogP contribution is 2.24. The number of amides is 1. The molecule has 1 aromatic heterocycles. The Labute approximate surface area is 179 Å². The molecule has 0 unspecified atom stereocenters. The first-order chi connectivity index (χ1) is 14.1. The quantitative estimate of drug-likeness (QED) is 0.332. The molecule has 6 nitrogen and oxygen atoms in total. The summed E-state index contributed by atoms with van der Waals surface area (Å²) in [4.78, 5) is 13.3. The molecule has 0 fully saturated rings. The van der Waals surface area contributed by atoms with E-state index in [1.807, 2.05) is 54.1 Å². The van der Waals surface area contributed by atoms with Crippen molar-refractivity contribution in [3.63, 3.8) is 0 Å². The number of nitrogens with zero attached hydrogens (tertiary/aromatic N) is 4. The third-order valence-corrected chi connectivity index (χ3v) is 5.90. The molecule has 1 N–H and O–H groups in total. The minimum absolute atomic E-state index is 0.186. The van der Waals surface area contributed by atoms with Crippen LogP contribution in [-0.4, -0.2) is 38.9 Å². The number of hydrogen-bond acceptors (Lipinski definition) is 6. The lowest BCUT2D eigenvalue weighted by Gasteiger charge is -2.07. The molecule has 1 heterocycles. The first-order valence-electron chi connectivity index (χ1n) is 9.19. The van der Waals surface area contributed by atoms with Crippen molar-refractivity contribution in [2.45, 2.75) is 30.4 Å². The van der Waals surface area contributed by atoms with Crippen LogP contribution in [0.5, 0.6) is 0 Å². The van der Waals surface area contributed by atoms with Crippen LogP contribution in [0.3, 0.4) is 0 Å². The van der Waals surface area contributed by atoms with E-state index in [2.05, 4.69) is 39.8 Å². The topological polar surface area (TPSA) is 72.2 Å². The molecule has 2 aromatic carbocycles. The van der Waals surface area contributed by atoms with Gasteiger partial charge in [-0.05, 0) is 37.8 Å². The molecule has 0 aliphatic rings. The van der Waals surface area contributed by atoms with E-state index in [1.54, 1.807) is 18.0 Å². The van der Waals surface area contributed by atoms with Gasteiger partial charge in [-0.1, -0.05) is 53.7 Å². The van der Waals surface area contributed by atoms with Crippen LogP contribution in [0.15, 0.2) is 63.7 Å². The first kappa shape index (κ1) is 21.1. The molecule has 150 valence electrons. The number of hydrogen-bond donors (Lipinski definition) is 1. The van der Waals surface area contributed by atoms with E-state index in [-0.39, 0.29) is 11.7 Å². The Morgan fingerprint density at radius 3 is 2.52 bits per heavy atom. The summed E-state index contributed by atoms with van der Waals surface area (Å²) in [6.07, 6.45) is 3.67. The van der Waals surface area contributed by atoms with Gasteiger partial charge in [0.05, 0.1) is 12.0 Å². The zero-order chi connectivity index (χ0) is 20.6. The number of carbonyl (C=O) groups excluding carboxylic acids is 1. The maximum absolute atomic E-state index is 12.1. The van der Waals surface area contributed by atoms with Gasteiger partial charge in [0.15, 0.2) is 11.0 Å². The van der Waals surface area contributed by atoms with Crippen molar-refractivity contribution in [2.24, 2.45) is 5.10 Å². The van der Waals surface area contributed by atoms with E-state index in [4.69, 9.17) is 0 Å². The molecule has 0 radical (unpaired) electrons. The van der Waals surface area contributed by atoms with Gasteiger partial charge in [0.25, 0.3) is 5.91 Å². The van der Waals surface area contributed by atoms with E-state index >= 15 is 0 Å². The molecule has 0 spiro atoms. The Bertz CT molecular complexity index is 981. The molecular formula is C21H23N5OS2. The van der Waals surface area contributed by atoms with Gasteiger partial charge >= 0.3 is 0 Å². The monoisotopic (exact) mass is 425 g/mol. The van der Waals surface area contributed by atoms with E-state index < -0.39 is 0 Å². The molecule has 8 heteroatoms. The number of aryl methyl sites for hydroxylation is 1.